The molecule has 100 heavy (non-hydrogen) atoms. The third-order valence-electron chi connectivity index (χ3n) is 16.1. The third kappa shape index (κ3) is 19.0. The summed E-state index contributed by atoms with van der Waals surface area (Å²) in [5.74, 6) is -3.90. The van der Waals surface area contributed by atoms with Gasteiger partial charge < -0.3 is 60.5 Å². The zero-order chi connectivity index (χ0) is 72.9. The zero-order valence-electron chi connectivity index (χ0n) is 55.9. The van der Waals surface area contributed by atoms with E-state index in [2.05, 4.69) is 14.7 Å². The normalized spacial score (nSPS) is 12.6. The molecule has 518 valence electrons. The van der Waals surface area contributed by atoms with Crippen molar-refractivity contribution in [1.29, 1.82) is 0 Å². The van der Waals surface area contributed by atoms with Gasteiger partial charge in [0.25, 0.3) is 17.7 Å². The number of aromatic nitrogens is 2. The molecule has 3 fully saturated rings. The van der Waals surface area contributed by atoms with Crippen molar-refractivity contribution in [1.82, 2.24) is 24.7 Å². The van der Waals surface area contributed by atoms with Crippen molar-refractivity contribution in [3.8, 4) is 45.5 Å². The SMILES string of the molecule is CC.CC(=O)c1cc(C(=O)N2CCCC2)ccc1O.CC(=O)c1cc(C(=O)O)ccc1O.COC(=O)c1ccc(N)c(C=O)c1.COC(=O)c1ccc2nc(-c3cc(C(=O)N4CCCC4)ccc3O)ccc2c1.O=C(O)c1ccc2nc(-c3cc(C(=O)N4CCCC4)ccc3O)ccc2c1. The highest BCUT2D eigenvalue weighted by molar-refractivity contribution is 6.03. The lowest BCUT2D eigenvalue weighted by molar-refractivity contribution is 0.0592. The number of likely N-dealkylation sites (tertiary alicyclic amines) is 3. The Balaban J connectivity index is 0.000000181. The van der Waals surface area contributed by atoms with Gasteiger partial charge in [0.1, 0.15) is 23.0 Å². The number of aromatic hydroxyl groups is 4. The minimum Gasteiger partial charge on any atom is -0.507 e. The van der Waals surface area contributed by atoms with Crippen molar-refractivity contribution in [3.05, 3.63) is 207 Å². The molecule has 5 heterocycles. The molecule has 0 radical (unpaired) electrons. The number of carbonyl (C=O) groups excluding carboxylic acids is 8. The first kappa shape index (κ1) is 75.0. The van der Waals surface area contributed by atoms with Gasteiger partial charge in [-0.2, -0.15) is 0 Å². The number of carboxylic acids is 2. The number of pyridine rings is 2. The lowest BCUT2D eigenvalue weighted by atomic mass is 10.0. The number of carbonyl (C=O) groups is 10. The number of rotatable bonds is 12. The van der Waals surface area contributed by atoms with Crippen LogP contribution in [0.5, 0.6) is 23.0 Å². The van der Waals surface area contributed by atoms with Crippen LogP contribution in [0.3, 0.4) is 0 Å². The number of benzene rings is 7. The summed E-state index contributed by atoms with van der Waals surface area (Å²) in [4.78, 5) is 129. The first-order chi connectivity index (χ1) is 47.9. The number of carboxylic acid groups (broad SMARTS) is 2. The predicted molar refractivity (Wildman–Crippen MR) is 374 cm³/mol. The number of ether oxygens (including phenoxy) is 2. The van der Waals surface area contributed by atoms with E-state index in [9.17, 15) is 68.4 Å². The molecule has 3 aliphatic rings. The van der Waals surface area contributed by atoms with Gasteiger partial charge in [-0.1, -0.05) is 26.0 Å². The van der Waals surface area contributed by atoms with Crippen molar-refractivity contribution in [2.45, 2.75) is 66.2 Å². The number of esters is 2. The topological polar surface area (TPSA) is 372 Å². The lowest BCUT2D eigenvalue weighted by Crippen LogP contribution is -2.27. The zero-order valence-corrected chi connectivity index (χ0v) is 55.9. The average Bonchev–Trinajstić information content (AvgIpc) is 1.51. The molecule has 0 saturated carbocycles. The number of phenols is 4. The van der Waals surface area contributed by atoms with E-state index in [-0.39, 0.29) is 74.5 Å². The highest BCUT2D eigenvalue weighted by Gasteiger charge is 2.25. The standard InChI is InChI=1S/C22H20N2O4.C21H18N2O4.C13H15NO3.C9H9NO3.C9H8O4.C2H6/c1-28-22(27)16-5-7-18-14(12-16)4-8-19(23-18)17-13-15(6-9-20(17)25)21(26)24-10-2-3-11-24;24-19-8-5-14(20(25)23-9-1-2-10-23)12-16(19)18-7-3-13-11-15(21(26)27)4-6-17(13)22-18;1-9(15)11-8-10(4-5-12(11)16)13(17)14-6-2-3-7-14;1-13-9(12)6-2-3-8(10)7(4-6)5-11;1-5(10)7-4-6(9(12)13)2-3-8(7)11;1-2/h4-9,12-13,25H,2-3,10-11H2,1H3;3-8,11-12,24H,1-2,9-10H2,(H,26,27);4-5,8,16H,2-3,6-7H2,1H3;2-5H,10H2,1H3;2-4,11H,1H3,(H,12,13);1-2H3. The minimum atomic E-state index is -1.12. The van der Waals surface area contributed by atoms with E-state index in [4.69, 9.17) is 20.7 Å². The molecule has 2 aromatic heterocycles. The average molecular weight is 1360 g/mol. The molecule has 8 N–H and O–H groups in total. The highest BCUT2D eigenvalue weighted by atomic mass is 16.5. The Labute approximate surface area is 575 Å². The number of hydrogen-bond donors (Lipinski definition) is 7. The van der Waals surface area contributed by atoms with E-state index in [1.54, 1.807) is 83.8 Å². The number of nitrogens with two attached hydrogens (primary N) is 1. The molecule has 3 amide bonds. The summed E-state index contributed by atoms with van der Waals surface area (Å²) in [5, 5.41) is 58.5. The fourth-order valence-corrected chi connectivity index (χ4v) is 10.8. The van der Waals surface area contributed by atoms with E-state index in [1.165, 1.54) is 88.7 Å². The number of methoxy groups -OCH3 is 2. The van der Waals surface area contributed by atoms with Crippen molar-refractivity contribution in [2.24, 2.45) is 0 Å². The van der Waals surface area contributed by atoms with Gasteiger partial charge in [-0.25, -0.2) is 29.1 Å². The van der Waals surface area contributed by atoms with Crippen molar-refractivity contribution in [2.75, 3.05) is 59.2 Å². The van der Waals surface area contributed by atoms with Crippen LogP contribution in [0.15, 0.2) is 152 Å². The van der Waals surface area contributed by atoms with E-state index >= 15 is 0 Å². The second-order valence-electron chi connectivity index (χ2n) is 22.8. The number of anilines is 1. The first-order valence-corrected chi connectivity index (χ1v) is 31.9. The van der Waals surface area contributed by atoms with E-state index in [0.717, 1.165) is 89.2 Å². The largest absolute Gasteiger partial charge is 0.507 e. The van der Waals surface area contributed by atoms with Gasteiger partial charge >= 0.3 is 23.9 Å². The van der Waals surface area contributed by atoms with Crippen LogP contribution in [0.2, 0.25) is 0 Å². The molecule has 12 rings (SSSR count). The van der Waals surface area contributed by atoms with E-state index < -0.39 is 23.9 Å². The quantitative estimate of drug-likeness (QED) is 0.0258. The summed E-state index contributed by atoms with van der Waals surface area (Å²) >= 11 is 0. The van der Waals surface area contributed by atoms with Crippen LogP contribution in [0.4, 0.5) is 5.69 Å². The second-order valence-corrected chi connectivity index (χ2v) is 22.8. The summed E-state index contributed by atoms with van der Waals surface area (Å²) < 4.78 is 9.22. The molecular formula is C76H76N6O18. The molecule has 24 heteroatoms. The smallest absolute Gasteiger partial charge is 0.337 e. The third-order valence-corrected chi connectivity index (χ3v) is 16.1. The predicted octanol–water partition coefficient (Wildman–Crippen LogP) is 12.2. The fraction of sp³-hybridized carbons (Fsp3) is 0.237. The van der Waals surface area contributed by atoms with Crippen molar-refractivity contribution >= 4 is 86.9 Å². The van der Waals surface area contributed by atoms with Crippen LogP contribution in [0, 0.1) is 0 Å². The summed E-state index contributed by atoms with van der Waals surface area (Å²) in [6.45, 7) is 11.2. The van der Waals surface area contributed by atoms with Gasteiger partial charge in [0.2, 0.25) is 0 Å². The van der Waals surface area contributed by atoms with Crippen molar-refractivity contribution < 1.29 is 88.1 Å². The summed E-state index contributed by atoms with van der Waals surface area (Å²) in [7, 11) is 2.62. The number of aromatic carboxylic acids is 2. The molecule has 7 aromatic carbocycles. The van der Waals surface area contributed by atoms with E-state index in [0.29, 0.717) is 84.3 Å². The van der Waals surface area contributed by atoms with Gasteiger partial charge in [-0.3, -0.25) is 28.8 Å². The molecule has 0 aliphatic carbocycles. The number of nitrogens with zero attached hydrogens (tertiary/aromatic N) is 5. The monoisotopic (exact) mass is 1360 g/mol. The van der Waals surface area contributed by atoms with Crippen LogP contribution in [0.25, 0.3) is 44.3 Å². The molecule has 0 unspecified atom stereocenters. The van der Waals surface area contributed by atoms with Gasteiger partial charge in [-0.15, -0.1) is 0 Å². The van der Waals surface area contributed by atoms with Crippen molar-refractivity contribution in [3.63, 3.8) is 0 Å². The summed E-state index contributed by atoms with van der Waals surface area (Å²) in [6.07, 6.45) is 6.74. The van der Waals surface area contributed by atoms with Crippen LogP contribution in [0.1, 0.15) is 170 Å². The Bertz CT molecular complexity index is 4570. The Morgan fingerprint density at radius 2 is 0.730 bits per heavy atom. The molecule has 3 aliphatic heterocycles. The van der Waals surface area contributed by atoms with E-state index in [1.807, 2.05) is 29.7 Å². The maximum atomic E-state index is 12.7. The number of amides is 3. The van der Waals surface area contributed by atoms with Crippen LogP contribution >= 0.6 is 0 Å². The highest BCUT2D eigenvalue weighted by Crippen LogP contribution is 2.34. The maximum absolute atomic E-state index is 12.7. The maximum Gasteiger partial charge on any atom is 0.337 e. The Kier molecular flexibility index (Phi) is 26.3. The van der Waals surface area contributed by atoms with Crippen LogP contribution in [-0.4, -0.2) is 168 Å². The number of phenolic OH excluding ortho intramolecular Hbond substituents is 4. The molecular weight excluding hydrogens is 1280 g/mol. The van der Waals surface area contributed by atoms with Gasteiger partial charge in [0.15, 0.2) is 17.9 Å². The number of nitrogen functional groups attached to an aromatic ring is 1. The minimum absolute atomic E-state index is 0.0111. The summed E-state index contributed by atoms with van der Waals surface area (Å²) in [5.41, 5.74) is 12.2. The van der Waals surface area contributed by atoms with Gasteiger partial charge in [0.05, 0.1) is 70.0 Å². The van der Waals surface area contributed by atoms with Gasteiger partial charge in [-0.05, 0) is 192 Å². The number of ketones is 2. The number of Topliss-reactive ketones (excluding diaryl/α,β-unsaturated/α-hetero) is 2. The summed E-state index contributed by atoms with van der Waals surface area (Å²) in [6, 6.07) is 38.9. The molecule has 0 atom stereocenters. The Hall–Kier alpha value is -12.3. The molecule has 0 bridgehead atoms. The fourth-order valence-electron chi connectivity index (χ4n) is 10.8. The number of fused-ring (bicyclic) bond motifs is 2. The van der Waals surface area contributed by atoms with Crippen LogP contribution < -0.4 is 5.73 Å². The number of hydrogen-bond acceptors (Lipinski definition) is 19. The lowest BCUT2D eigenvalue weighted by Gasteiger charge is -2.16. The van der Waals surface area contributed by atoms with Crippen LogP contribution in [-0.2, 0) is 9.47 Å². The molecule has 3 saturated heterocycles. The Morgan fingerprint density at radius 1 is 0.410 bits per heavy atom. The second kappa shape index (κ2) is 35.1. The molecule has 9 aromatic rings. The molecule has 24 nitrogen and oxygen atoms in total. The molecule has 0 spiro atoms. The Morgan fingerprint density at radius 3 is 1.11 bits per heavy atom. The number of aldehydes is 1. The van der Waals surface area contributed by atoms with Gasteiger partial charge in [0, 0.05) is 89.1 Å². The first-order valence-electron chi connectivity index (χ1n) is 31.9.